The lowest BCUT2D eigenvalue weighted by molar-refractivity contribution is -0.135. The standard InChI is InChI=1S/C21H18N2O2/c1-14-10-12-17(13-11-14)20-22-23(15(2)24)21(25-20)19-9-5-7-16-6-3-4-8-18(16)19/h3-13,21H,1-2H3. The highest BCUT2D eigenvalue weighted by Crippen LogP contribution is 2.34. The van der Waals surface area contributed by atoms with Crippen molar-refractivity contribution in [3.63, 3.8) is 0 Å². The van der Waals surface area contributed by atoms with Crippen LogP contribution in [0, 0.1) is 6.92 Å². The number of rotatable bonds is 2. The van der Waals surface area contributed by atoms with Gasteiger partial charge in [0.25, 0.3) is 0 Å². The Morgan fingerprint density at radius 1 is 1.00 bits per heavy atom. The molecule has 4 rings (SSSR count). The Labute approximate surface area is 146 Å². The van der Waals surface area contributed by atoms with Gasteiger partial charge in [0, 0.05) is 18.1 Å². The highest BCUT2D eigenvalue weighted by atomic mass is 16.5. The normalized spacial score (nSPS) is 16.6. The summed E-state index contributed by atoms with van der Waals surface area (Å²) in [6.07, 6.45) is -0.556. The third-order valence-electron chi connectivity index (χ3n) is 4.35. The monoisotopic (exact) mass is 330 g/mol. The molecular weight excluding hydrogens is 312 g/mol. The lowest BCUT2D eigenvalue weighted by Gasteiger charge is -2.20. The molecule has 25 heavy (non-hydrogen) atoms. The van der Waals surface area contributed by atoms with Crippen molar-refractivity contribution in [3.8, 4) is 0 Å². The Morgan fingerprint density at radius 2 is 1.72 bits per heavy atom. The molecule has 3 aromatic carbocycles. The van der Waals surface area contributed by atoms with E-state index in [0.717, 1.165) is 27.5 Å². The average molecular weight is 330 g/mol. The van der Waals surface area contributed by atoms with Crippen LogP contribution in [-0.2, 0) is 9.53 Å². The molecule has 0 saturated carbocycles. The van der Waals surface area contributed by atoms with E-state index < -0.39 is 6.23 Å². The molecule has 0 saturated heterocycles. The summed E-state index contributed by atoms with van der Waals surface area (Å²) in [6, 6.07) is 22.0. The van der Waals surface area contributed by atoms with Crippen molar-refractivity contribution in [3.05, 3.63) is 83.4 Å². The molecule has 0 radical (unpaired) electrons. The second-order valence-electron chi connectivity index (χ2n) is 6.17. The zero-order chi connectivity index (χ0) is 17.4. The predicted molar refractivity (Wildman–Crippen MR) is 98.0 cm³/mol. The molecule has 1 heterocycles. The summed E-state index contributed by atoms with van der Waals surface area (Å²) >= 11 is 0. The molecule has 0 N–H and O–H groups in total. The number of hydrazone groups is 1. The van der Waals surface area contributed by atoms with Crippen molar-refractivity contribution >= 4 is 22.6 Å². The van der Waals surface area contributed by atoms with E-state index >= 15 is 0 Å². The van der Waals surface area contributed by atoms with Crippen LogP contribution in [0.5, 0.6) is 0 Å². The number of ether oxygens (including phenoxy) is 1. The molecule has 124 valence electrons. The van der Waals surface area contributed by atoms with Crippen molar-refractivity contribution in [1.29, 1.82) is 0 Å². The lowest BCUT2D eigenvalue weighted by atomic mass is 10.0. The molecule has 0 bridgehead atoms. The first kappa shape index (κ1) is 15.4. The highest BCUT2D eigenvalue weighted by molar-refractivity contribution is 5.97. The van der Waals surface area contributed by atoms with Crippen LogP contribution in [0.15, 0.2) is 71.8 Å². The molecular formula is C21H18N2O2. The van der Waals surface area contributed by atoms with E-state index in [9.17, 15) is 4.79 Å². The third-order valence-corrected chi connectivity index (χ3v) is 4.35. The largest absolute Gasteiger partial charge is 0.446 e. The van der Waals surface area contributed by atoms with E-state index in [2.05, 4.69) is 5.10 Å². The molecule has 3 aromatic rings. The first-order chi connectivity index (χ1) is 12.1. The zero-order valence-corrected chi connectivity index (χ0v) is 14.1. The van der Waals surface area contributed by atoms with Gasteiger partial charge in [-0.2, -0.15) is 5.01 Å². The second kappa shape index (κ2) is 6.06. The molecule has 0 fully saturated rings. The Kier molecular flexibility index (Phi) is 3.73. The molecule has 0 spiro atoms. The fourth-order valence-corrected chi connectivity index (χ4v) is 3.05. The minimum atomic E-state index is -0.556. The van der Waals surface area contributed by atoms with E-state index in [0.29, 0.717) is 5.90 Å². The van der Waals surface area contributed by atoms with Gasteiger partial charge in [-0.3, -0.25) is 4.79 Å². The van der Waals surface area contributed by atoms with Gasteiger partial charge in [-0.05, 0) is 29.8 Å². The lowest BCUT2D eigenvalue weighted by Crippen LogP contribution is -2.25. The van der Waals surface area contributed by atoms with Crippen molar-refractivity contribution in [2.75, 3.05) is 0 Å². The van der Waals surface area contributed by atoms with Gasteiger partial charge in [-0.25, -0.2) is 0 Å². The maximum Gasteiger partial charge on any atom is 0.243 e. The first-order valence-electron chi connectivity index (χ1n) is 8.23. The zero-order valence-electron chi connectivity index (χ0n) is 14.1. The number of amides is 1. The third kappa shape index (κ3) is 2.76. The van der Waals surface area contributed by atoms with Gasteiger partial charge in [-0.1, -0.05) is 60.2 Å². The van der Waals surface area contributed by atoms with E-state index in [1.807, 2.05) is 73.7 Å². The van der Waals surface area contributed by atoms with Crippen LogP contribution in [0.1, 0.15) is 29.8 Å². The predicted octanol–water partition coefficient (Wildman–Crippen LogP) is 4.39. The summed E-state index contributed by atoms with van der Waals surface area (Å²) in [5.41, 5.74) is 2.95. The Bertz CT molecular complexity index is 971. The van der Waals surface area contributed by atoms with E-state index in [1.54, 1.807) is 0 Å². The Morgan fingerprint density at radius 3 is 2.48 bits per heavy atom. The summed E-state index contributed by atoms with van der Waals surface area (Å²) in [5.74, 6) is 0.313. The minimum Gasteiger partial charge on any atom is -0.446 e. The molecule has 0 aromatic heterocycles. The van der Waals surface area contributed by atoms with Gasteiger partial charge in [0.05, 0.1) is 0 Å². The summed E-state index contributed by atoms with van der Waals surface area (Å²) < 4.78 is 6.11. The number of carbonyl (C=O) groups excluding carboxylic acids is 1. The highest BCUT2D eigenvalue weighted by Gasteiger charge is 2.33. The number of aryl methyl sites for hydroxylation is 1. The summed E-state index contributed by atoms with van der Waals surface area (Å²) in [4.78, 5) is 12.1. The van der Waals surface area contributed by atoms with Gasteiger partial charge in [-0.15, -0.1) is 5.10 Å². The van der Waals surface area contributed by atoms with Gasteiger partial charge in [0.1, 0.15) is 0 Å². The molecule has 4 heteroatoms. The Hall–Kier alpha value is -3.14. The quantitative estimate of drug-likeness (QED) is 0.699. The average Bonchev–Trinajstić information content (AvgIpc) is 3.07. The number of fused-ring (bicyclic) bond motifs is 1. The minimum absolute atomic E-state index is 0.153. The smallest absolute Gasteiger partial charge is 0.243 e. The molecule has 1 atom stereocenters. The molecule has 1 amide bonds. The van der Waals surface area contributed by atoms with Crippen molar-refractivity contribution < 1.29 is 9.53 Å². The molecule has 1 unspecified atom stereocenters. The topological polar surface area (TPSA) is 41.9 Å². The van der Waals surface area contributed by atoms with Crippen LogP contribution >= 0.6 is 0 Å². The van der Waals surface area contributed by atoms with Crippen LogP contribution in [0.25, 0.3) is 10.8 Å². The first-order valence-corrected chi connectivity index (χ1v) is 8.23. The SMILES string of the molecule is CC(=O)N1N=C(c2ccc(C)cc2)OC1c1cccc2ccccc12. The molecule has 0 aliphatic carbocycles. The molecule has 1 aliphatic rings. The number of nitrogens with zero attached hydrogens (tertiary/aromatic N) is 2. The Balaban J connectivity index is 1.77. The molecule has 4 nitrogen and oxygen atoms in total. The van der Waals surface area contributed by atoms with Crippen LogP contribution in [-0.4, -0.2) is 16.8 Å². The van der Waals surface area contributed by atoms with Gasteiger partial charge in [0.2, 0.25) is 18.0 Å². The molecule has 1 aliphatic heterocycles. The van der Waals surface area contributed by atoms with E-state index in [-0.39, 0.29) is 5.91 Å². The number of hydrogen-bond acceptors (Lipinski definition) is 3. The fraction of sp³-hybridized carbons (Fsp3) is 0.143. The van der Waals surface area contributed by atoms with Crippen molar-refractivity contribution in [2.45, 2.75) is 20.1 Å². The summed E-state index contributed by atoms with van der Waals surface area (Å²) in [5, 5.41) is 8.01. The van der Waals surface area contributed by atoms with E-state index in [1.165, 1.54) is 11.9 Å². The number of benzene rings is 3. The van der Waals surface area contributed by atoms with Crippen LogP contribution in [0.4, 0.5) is 0 Å². The number of hydrogen-bond donors (Lipinski definition) is 0. The maximum atomic E-state index is 12.1. The van der Waals surface area contributed by atoms with Gasteiger partial charge in [0.15, 0.2) is 0 Å². The van der Waals surface area contributed by atoms with Crippen molar-refractivity contribution in [1.82, 2.24) is 5.01 Å². The number of carbonyl (C=O) groups is 1. The van der Waals surface area contributed by atoms with Gasteiger partial charge >= 0.3 is 0 Å². The van der Waals surface area contributed by atoms with Crippen LogP contribution in [0.2, 0.25) is 0 Å². The fourth-order valence-electron chi connectivity index (χ4n) is 3.05. The maximum absolute atomic E-state index is 12.1. The van der Waals surface area contributed by atoms with E-state index in [4.69, 9.17) is 4.74 Å². The van der Waals surface area contributed by atoms with Crippen LogP contribution in [0.3, 0.4) is 0 Å². The van der Waals surface area contributed by atoms with Crippen LogP contribution < -0.4 is 0 Å². The van der Waals surface area contributed by atoms with Crippen molar-refractivity contribution in [2.24, 2.45) is 5.10 Å². The summed E-state index contributed by atoms with van der Waals surface area (Å²) in [6.45, 7) is 3.53. The summed E-state index contributed by atoms with van der Waals surface area (Å²) in [7, 11) is 0. The second-order valence-corrected chi connectivity index (χ2v) is 6.17. The van der Waals surface area contributed by atoms with Gasteiger partial charge < -0.3 is 4.74 Å².